The van der Waals surface area contributed by atoms with Gasteiger partial charge in [0.2, 0.25) is 23.6 Å². The number of carboxylic acids is 4. The van der Waals surface area contributed by atoms with E-state index in [1.165, 1.54) is 47.5 Å². The molecule has 1 aliphatic rings. The summed E-state index contributed by atoms with van der Waals surface area (Å²) in [6.07, 6.45) is -0.880. The summed E-state index contributed by atoms with van der Waals surface area (Å²) < 4.78 is 28.2. The van der Waals surface area contributed by atoms with Gasteiger partial charge in [-0.05, 0) is 20.6 Å². The summed E-state index contributed by atoms with van der Waals surface area (Å²) in [7, 11) is 1.71. The average Bonchev–Trinajstić information content (AvgIpc) is 3.12. The van der Waals surface area contributed by atoms with Crippen molar-refractivity contribution in [2.45, 2.75) is 57.4 Å². The van der Waals surface area contributed by atoms with Crippen molar-refractivity contribution in [3.8, 4) is 0 Å². The fourth-order valence-electron chi connectivity index (χ4n) is 2.34. The van der Waals surface area contributed by atoms with E-state index in [1.807, 2.05) is 6.79 Å². The second-order valence-corrected chi connectivity index (χ2v) is 14.0. The Morgan fingerprint density at radius 3 is 1.24 bits per heavy atom. The molecule has 1 rings (SSSR count). The SMILES string of the molecule is C.C.C.C.C=O.CC(=O)N(C)CC(=O)[OH2+].CC(=O)O.CCN(CC(=O)O)CP(=O)(O)[OH2+].CN.CN1CC(=O)N(C)CC1=O.CNC(C)=O.CNCC(=O)O.I.O=C(O)CNCP(=O)(O)[OH2+].[C-]#[O+]. The molecule has 0 saturated carbocycles. The predicted molar refractivity (Wildman–Crippen MR) is 262 cm³/mol. The summed E-state index contributed by atoms with van der Waals surface area (Å²) >= 11 is 0. The third-order valence-corrected chi connectivity index (χ3v) is 6.43. The van der Waals surface area contributed by atoms with E-state index < -0.39 is 64.2 Å². The van der Waals surface area contributed by atoms with Crippen LogP contribution in [0.4, 0.5) is 0 Å². The molecule has 33 heteroatoms. The number of nitrogens with two attached hydrogens (primary N) is 1. The third-order valence-electron chi connectivity index (χ3n) is 4.99. The van der Waals surface area contributed by atoms with Gasteiger partial charge >= 0.3 is 50.4 Å². The van der Waals surface area contributed by atoms with Gasteiger partial charge in [-0.15, -0.1) is 24.0 Å². The molecule has 30 nitrogen and oxygen atoms in total. The topological polar surface area (TPSA) is 490 Å². The molecule has 4 amide bonds. The maximum atomic E-state index is 10.9. The van der Waals surface area contributed by atoms with Crippen LogP contribution in [0.25, 0.3) is 0 Å². The Bertz CT molecular complexity index is 1380. The molecule has 1 saturated heterocycles. The van der Waals surface area contributed by atoms with Crippen molar-refractivity contribution in [1.82, 2.24) is 35.6 Å². The van der Waals surface area contributed by atoms with E-state index in [2.05, 4.69) is 28.3 Å². The van der Waals surface area contributed by atoms with Crippen molar-refractivity contribution in [3.05, 3.63) is 6.65 Å². The zero-order valence-corrected chi connectivity index (χ0v) is 40.8. The standard InChI is InChI=1S/C6H10N2O2.C5H12NO5P.C5H9NO3.C3H8NO5P.C3H7NO2.C3H7NO.C2H4O2.CH5N.CH2O.CO.4CH4.HI/c1-7-3-6(10)8(2)4-5(7)9;1-2-6(3-5(7)8)4-12(9,10)11;1-4(7)6(2)3-5(8)9;5-3(6)1-4-2-10(7,8)9;1-4-2-3(5)6;1-3(5)4-2;1-2(3)4;3*1-2;;;;;/h3-4H2,1-2H3;2-4H2,1H3,(H,7,8)(H2,9,10,11);3H2,1-2H3,(H,8,9);4H,1-2H2,(H,5,6)(H2,7,8,9);4H,2H2,1H3,(H,5,6);1-2H3,(H,4,5);1H3,(H,3,4);2H2,1H3;1H2;;4*1H4;1H/p+3. The summed E-state index contributed by atoms with van der Waals surface area (Å²) in [5.74, 6) is -4.77. The van der Waals surface area contributed by atoms with Crippen LogP contribution in [0.2, 0.25) is 0 Å². The van der Waals surface area contributed by atoms with Gasteiger partial charge in [0.15, 0.2) is 12.8 Å². The van der Waals surface area contributed by atoms with Crippen LogP contribution in [0.5, 0.6) is 0 Å². The van der Waals surface area contributed by atoms with Gasteiger partial charge in [0.25, 0.3) is 5.97 Å². The minimum absolute atomic E-state index is 0. The van der Waals surface area contributed by atoms with Crippen LogP contribution >= 0.6 is 39.2 Å². The maximum absolute atomic E-state index is 10.9. The van der Waals surface area contributed by atoms with Gasteiger partial charge in [0.1, 0.15) is 13.1 Å². The Balaban J connectivity index is -0.0000000403. The predicted octanol–water partition coefficient (Wildman–Crippen LogP) is -2.93. The zero-order chi connectivity index (χ0) is 52.0. The molecule has 406 valence electrons. The Labute approximate surface area is 411 Å². The summed E-state index contributed by atoms with van der Waals surface area (Å²) in [6, 6.07) is 0. The number of hydrogen-bond donors (Lipinski definition) is 10. The van der Waals surface area contributed by atoms with Crippen molar-refractivity contribution in [2.75, 3.05) is 101 Å². The van der Waals surface area contributed by atoms with Gasteiger partial charge in [-0.2, -0.15) is 0 Å². The molecule has 0 aromatic heterocycles. The third kappa shape index (κ3) is 121. The molecule has 2 atom stereocenters. The molecular formula is C34H84IN8O22P2+3. The second kappa shape index (κ2) is 65.8. The number of carbonyl (C=O) groups is 10. The second-order valence-electron chi connectivity index (χ2n) is 10.6. The molecule has 0 aromatic rings. The first-order valence-corrected chi connectivity index (χ1v) is 20.1. The van der Waals surface area contributed by atoms with E-state index in [1.54, 1.807) is 35.1 Å². The van der Waals surface area contributed by atoms with Gasteiger partial charge in [0, 0.05) is 53.8 Å². The van der Waals surface area contributed by atoms with Gasteiger partial charge in [-0.3, -0.25) is 58.4 Å². The fraction of sp³-hybridized carbons (Fsp3) is 0.676. The Hall–Kier alpha value is -4.49. The van der Waals surface area contributed by atoms with Crippen LogP contribution in [-0.2, 0) is 61.7 Å². The first kappa shape index (κ1) is 101. The van der Waals surface area contributed by atoms with Crippen molar-refractivity contribution in [2.24, 2.45) is 5.73 Å². The number of carboxylic acid groups (broad SMARTS) is 4. The van der Waals surface area contributed by atoms with E-state index in [9.17, 15) is 47.5 Å². The number of carbonyl (C=O) groups excluding carboxylic acids is 6. The number of amides is 4. The van der Waals surface area contributed by atoms with E-state index in [4.69, 9.17) is 59.3 Å². The van der Waals surface area contributed by atoms with Gasteiger partial charge in [-0.25, -0.2) is 9.13 Å². The number of nitrogens with zero attached hydrogens (tertiary/aromatic N) is 4. The number of likely N-dealkylation sites (N-methyl/N-ethyl adjacent to an activating group) is 5. The number of halogens is 1. The minimum atomic E-state index is -3.88. The molecule has 0 spiro atoms. The van der Waals surface area contributed by atoms with Crippen LogP contribution in [0, 0.1) is 6.65 Å². The molecule has 0 bridgehead atoms. The zero-order valence-electron chi connectivity index (χ0n) is 36.7. The number of nitrogens with one attached hydrogen (secondary N) is 3. The Morgan fingerprint density at radius 2 is 1.09 bits per heavy atom. The normalized spacial score (nSPS) is 11.3. The van der Waals surface area contributed by atoms with Crippen LogP contribution in [0.1, 0.15) is 57.4 Å². The molecule has 1 aliphatic heterocycles. The van der Waals surface area contributed by atoms with Gasteiger partial charge < -0.3 is 71.2 Å². The molecule has 17 N–H and O–H groups in total. The average molecular weight is 1150 g/mol. The van der Waals surface area contributed by atoms with Gasteiger partial charge in [-0.1, -0.05) is 36.6 Å². The van der Waals surface area contributed by atoms with Crippen molar-refractivity contribution < 1.29 is 107 Å². The van der Waals surface area contributed by atoms with Crippen LogP contribution < -0.4 is 21.7 Å². The summed E-state index contributed by atoms with van der Waals surface area (Å²) in [6.45, 7) is 12.1. The first-order valence-electron chi connectivity index (χ1n) is 16.4. The summed E-state index contributed by atoms with van der Waals surface area (Å²) in [5.41, 5.74) is 4.50. The molecular weight excluding hydrogens is 1060 g/mol. The molecule has 1 fully saturated rings. The van der Waals surface area contributed by atoms with Crippen LogP contribution in [0.3, 0.4) is 0 Å². The molecule has 0 aromatic carbocycles. The number of hydrogen-bond acceptors (Lipinski definition) is 16. The van der Waals surface area contributed by atoms with Crippen molar-refractivity contribution in [3.63, 3.8) is 0 Å². The number of piperazine rings is 1. The monoisotopic (exact) mass is 1150 g/mol. The molecule has 0 aliphatic carbocycles. The van der Waals surface area contributed by atoms with Crippen LogP contribution in [0.15, 0.2) is 0 Å². The molecule has 67 heavy (non-hydrogen) atoms. The molecule has 1 heterocycles. The van der Waals surface area contributed by atoms with E-state index in [-0.39, 0.29) is 110 Å². The summed E-state index contributed by atoms with van der Waals surface area (Å²) in [4.78, 5) is 134. The number of rotatable bonds is 13. The molecule has 0 radical (unpaired) electrons. The van der Waals surface area contributed by atoms with Crippen LogP contribution in [-0.4, -0.2) is 226 Å². The van der Waals surface area contributed by atoms with E-state index >= 15 is 0 Å². The fourth-order valence-corrected chi connectivity index (χ4v) is 3.60. The quantitative estimate of drug-likeness (QED) is 0.0382. The Kier molecular flexibility index (Phi) is 98.7. The first-order chi connectivity index (χ1) is 28.2. The molecule has 2 unspecified atom stereocenters. The number of aliphatic carboxylic acids is 4. The van der Waals surface area contributed by atoms with E-state index in [0.29, 0.717) is 6.54 Å². The van der Waals surface area contributed by atoms with Crippen molar-refractivity contribution in [1.29, 1.82) is 0 Å². The van der Waals surface area contributed by atoms with Gasteiger partial charge in [0.05, 0.1) is 32.7 Å². The van der Waals surface area contributed by atoms with Crippen molar-refractivity contribution >= 4 is 99.4 Å². The Morgan fingerprint density at radius 1 is 0.776 bits per heavy atom. The summed E-state index contributed by atoms with van der Waals surface area (Å²) in [5, 5.41) is 45.1. The van der Waals surface area contributed by atoms with E-state index in [0.717, 1.165) is 6.92 Å².